The second kappa shape index (κ2) is 7.98. The summed E-state index contributed by atoms with van der Waals surface area (Å²) in [6.07, 6.45) is 1.48. The molecule has 0 radical (unpaired) electrons. The van der Waals surface area contributed by atoms with Crippen LogP contribution in [0.15, 0.2) is 29.2 Å². The van der Waals surface area contributed by atoms with Crippen molar-refractivity contribution in [2.24, 2.45) is 11.8 Å². The number of rotatable bonds is 8. The van der Waals surface area contributed by atoms with Gasteiger partial charge in [0.15, 0.2) is 0 Å². The van der Waals surface area contributed by atoms with Crippen LogP contribution in [0.1, 0.15) is 26.7 Å². The Labute approximate surface area is 126 Å². The van der Waals surface area contributed by atoms with Crippen molar-refractivity contribution < 1.29 is 13.5 Å². The molecular weight excluding hydrogens is 298 g/mol. The van der Waals surface area contributed by atoms with E-state index < -0.39 is 10.0 Å². The monoisotopic (exact) mass is 319 g/mol. The Balaban J connectivity index is 2.67. The van der Waals surface area contributed by atoms with Crippen LogP contribution in [-0.4, -0.2) is 26.7 Å². The minimum absolute atomic E-state index is 0.0695. The fraction of sp³-hybridized carbons (Fsp3) is 0.571. The first-order valence-electron chi connectivity index (χ1n) is 6.71. The lowest BCUT2D eigenvalue weighted by Gasteiger charge is -2.18. The van der Waals surface area contributed by atoms with Gasteiger partial charge in [0.1, 0.15) is 0 Å². The maximum Gasteiger partial charge on any atom is 0.240 e. The number of sulfonamides is 1. The summed E-state index contributed by atoms with van der Waals surface area (Å²) >= 11 is 5.74. The number of hydrogen-bond donors (Lipinski definition) is 2. The molecule has 1 aromatic carbocycles. The molecule has 0 amide bonds. The Kier molecular flexibility index (Phi) is 6.95. The molecule has 1 rings (SSSR count). The molecule has 1 atom stereocenters. The Morgan fingerprint density at radius 1 is 1.25 bits per heavy atom. The molecule has 1 aromatic rings. The molecule has 1 unspecified atom stereocenters. The lowest BCUT2D eigenvalue weighted by atomic mass is 9.95. The molecule has 0 aromatic heterocycles. The second-order valence-corrected chi connectivity index (χ2v) is 7.52. The average molecular weight is 320 g/mol. The molecule has 0 fully saturated rings. The van der Waals surface area contributed by atoms with Crippen LogP contribution < -0.4 is 4.72 Å². The SMILES string of the molecule is CC(C)CC(CCO)CNS(=O)(=O)c1ccc(Cl)cc1. The van der Waals surface area contributed by atoms with E-state index in [2.05, 4.69) is 18.6 Å². The maximum absolute atomic E-state index is 12.1. The summed E-state index contributed by atoms with van der Waals surface area (Å²) in [5.74, 6) is 0.605. The molecule has 0 saturated carbocycles. The molecular formula is C14H22ClNO3S. The number of nitrogens with one attached hydrogen (secondary N) is 1. The third-order valence-electron chi connectivity index (χ3n) is 3.03. The van der Waals surface area contributed by atoms with Crippen LogP contribution in [0.5, 0.6) is 0 Å². The molecule has 0 aliphatic heterocycles. The van der Waals surface area contributed by atoms with E-state index in [4.69, 9.17) is 16.7 Å². The van der Waals surface area contributed by atoms with Crippen LogP contribution in [0.25, 0.3) is 0 Å². The van der Waals surface area contributed by atoms with Gasteiger partial charge in [-0.1, -0.05) is 25.4 Å². The van der Waals surface area contributed by atoms with E-state index in [-0.39, 0.29) is 17.4 Å². The molecule has 0 aliphatic carbocycles. The van der Waals surface area contributed by atoms with E-state index in [1.54, 1.807) is 12.1 Å². The highest BCUT2D eigenvalue weighted by Crippen LogP contribution is 2.17. The van der Waals surface area contributed by atoms with Gasteiger partial charge in [-0.2, -0.15) is 0 Å². The minimum atomic E-state index is -3.52. The van der Waals surface area contributed by atoms with Crippen molar-refractivity contribution in [3.8, 4) is 0 Å². The largest absolute Gasteiger partial charge is 0.396 e. The van der Waals surface area contributed by atoms with Crippen LogP contribution in [0.3, 0.4) is 0 Å². The van der Waals surface area contributed by atoms with Gasteiger partial charge in [-0.3, -0.25) is 0 Å². The van der Waals surface area contributed by atoms with Gasteiger partial charge in [-0.15, -0.1) is 0 Å². The molecule has 0 spiro atoms. The van der Waals surface area contributed by atoms with Crippen LogP contribution in [0.4, 0.5) is 0 Å². The molecule has 0 aliphatic rings. The second-order valence-electron chi connectivity index (χ2n) is 5.31. The first kappa shape index (κ1) is 17.4. The van der Waals surface area contributed by atoms with E-state index in [0.717, 1.165) is 6.42 Å². The molecule has 4 nitrogen and oxygen atoms in total. The third kappa shape index (κ3) is 5.79. The predicted octanol–water partition coefficient (Wildman–Crippen LogP) is 2.66. The fourth-order valence-electron chi connectivity index (χ4n) is 2.08. The Hall–Kier alpha value is -0.620. The van der Waals surface area contributed by atoms with Crippen molar-refractivity contribution in [1.29, 1.82) is 0 Å². The Morgan fingerprint density at radius 3 is 2.35 bits per heavy atom. The molecule has 20 heavy (non-hydrogen) atoms. The van der Waals surface area contributed by atoms with Gasteiger partial charge >= 0.3 is 0 Å². The van der Waals surface area contributed by atoms with Gasteiger partial charge in [0.2, 0.25) is 10.0 Å². The lowest BCUT2D eigenvalue weighted by Crippen LogP contribution is -2.30. The highest BCUT2D eigenvalue weighted by Gasteiger charge is 2.17. The molecule has 0 bridgehead atoms. The number of aliphatic hydroxyl groups excluding tert-OH is 1. The highest BCUT2D eigenvalue weighted by molar-refractivity contribution is 7.89. The standard InChI is InChI=1S/C14H22ClNO3S/c1-11(2)9-12(7-8-17)10-16-20(18,19)14-5-3-13(15)4-6-14/h3-6,11-12,16-17H,7-10H2,1-2H3. The van der Waals surface area contributed by atoms with Gasteiger partial charge in [0.05, 0.1) is 4.90 Å². The lowest BCUT2D eigenvalue weighted by molar-refractivity contribution is 0.243. The molecule has 2 N–H and O–H groups in total. The predicted molar refractivity (Wildman–Crippen MR) is 81.3 cm³/mol. The molecule has 6 heteroatoms. The summed E-state index contributed by atoms with van der Waals surface area (Å²) in [7, 11) is -3.52. The van der Waals surface area contributed by atoms with Crippen molar-refractivity contribution in [1.82, 2.24) is 4.72 Å². The van der Waals surface area contributed by atoms with E-state index >= 15 is 0 Å². The quantitative estimate of drug-likeness (QED) is 0.774. The fourth-order valence-corrected chi connectivity index (χ4v) is 3.32. The third-order valence-corrected chi connectivity index (χ3v) is 4.72. The first-order chi connectivity index (χ1) is 9.35. The van der Waals surface area contributed by atoms with E-state index in [0.29, 0.717) is 23.9 Å². The van der Waals surface area contributed by atoms with Crippen molar-refractivity contribution in [2.45, 2.75) is 31.6 Å². The van der Waals surface area contributed by atoms with Crippen molar-refractivity contribution in [3.63, 3.8) is 0 Å². The molecule has 0 heterocycles. The number of halogens is 1. The van der Waals surface area contributed by atoms with E-state index in [1.165, 1.54) is 12.1 Å². The van der Waals surface area contributed by atoms with Crippen molar-refractivity contribution in [2.75, 3.05) is 13.2 Å². The summed E-state index contributed by atoms with van der Waals surface area (Å²) in [5, 5.41) is 9.54. The van der Waals surface area contributed by atoms with Crippen LogP contribution >= 0.6 is 11.6 Å². The summed E-state index contributed by atoms with van der Waals surface area (Å²) in [6.45, 7) is 4.57. The molecule has 0 saturated heterocycles. The zero-order chi connectivity index (χ0) is 15.2. The van der Waals surface area contributed by atoms with Crippen LogP contribution in [0.2, 0.25) is 5.02 Å². The summed E-state index contributed by atoms with van der Waals surface area (Å²) in [6, 6.07) is 6.06. The van der Waals surface area contributed by atoms with Gasteiger partial charge < -0.3 is 5.11 Å². The van der Waals surface area contributed by atoms with E-state index in [1.807, 2.05) is 0 Å². The van der Waals surface area contributed by atoms with Gasteiger partial charge in [-0.05, 0) is 48.9 Å². The van der Waals surface area contributed by atoms with E-state index in [9.17, 15) is 8.42 Å². The van der Waals surface area contributed by atoms with Gasteiger partial charge in [-0.25, -0.2) is 13.1 Å². The smallest absolute Gasteiger partial charge is 0.240 e. The zero-order valence-corrected chi connectivity index (χ0v) is 13.4. The van der Waals surface area contributed by atoms with Crippen LogP contribution in [-0.2, 0) is 10.0 Å². The van der Waals surface area contributed by atoms with Crippen molar-refractivity contribution in [3.05, 3.63) is 29.3 Å². The highest BCUT2D eigenvalue weighted by atomic mass is 35.5. The van der Waals surface area contributed by atoms with Crippen molar-refractivity contribution >= 4 is 21.6 Å². The summed E-state index contributed by atoms with van der Waals surface area (Å²) in [4.78, 5) is 0.203. The van der Waals surface area contributed by atoms with Gasteiger partial charge in [0, 0.05) is 18.2 Å². The maximum atomic E-state index is 12.1. The average Bonchev–Trinajstić information content (AvgIpc) is 2.36. The summed E-state index contributed by atoms with van der Waals surface area (Å²) < 4.78 is 26.8. The Bertz CT molecular complexity index is 500. The number of aliphatic hydroxyl groups is 1. The van der Waals surface area contributed by atoms with Crippen LogP contribution in [0, 0.1) is 11.8 Å². The number of benzene rings is 1. The minimum Gasteiger partial charge on any atom is -0.396 e. The Morgan fingerprint density at radius 2 is 1.85 bits per heavy atom. The number of hydrogen-bond acceptors (Lipinski definition) is 3. The zero-order valence-electron chi connectivity index (χ0n) is 11.8. The topological polar surface area (TPSA) is 66.4 Å². The first-order valence-corrected chi connectivity index (χ1v) is 8.57. The normalized spacial score (nSPS) is 13.7. The summed E-state index contributed by atoms with van der Waals surface area (Å²) in [5.41, 5.74) is 0. The molecule has 114 valence electrons. The van der Waals surface area contributed by atoms with Gasteiger partial charge in [0.25, 0.3) is 0 Å².